The number of halogens is 1. The zero-order valence-corrected chi connectivity index (χ0v) is 9.61. The average molecular weight is 257 g/mol. The van der Waals surface area contributed by atoms with E-state index >= 15 is 0 Å². The molecule has 0 atom stereocenters. The highest BCUT2D eigenvalue weighted by Crippen LogP contribution is 2.16. The number of benzene rings is 1. The molecule has 0 bridgehead atoms. The third-order valence-electron chi connectivity index (χ3n) is 2.39. The second-order valence-corrected chi connectivity index (χ2v) is 3.70. The van der Waals surface area contributed by atoms with E-state index in [-0.39, 0.29) is 22.4 Å². The van der Waals surface area contributed by atoms with Crippen LogP contribution in [0.5, 0.6) is 0 Å². The van der Waals surface area contributed by atoms with Gasteiger partial charge in [-0.05, 0) is 24.3 Å². The molecule has 0 saturated carbocycles. The average Bonchev–Trinajstić information content (AvgIpc) is 2.41. The molecular formula is C13H8FN3O2. The van der Waals surface area contributed by atoms with Gasteiger partial charge in [-0.3, -0.25) is 9.59 Å². The summed E-state index contributed by atoms with van der Waals surface area (Å²) in [6.45, 7) is 0. The fraction of sp³-hybridized carbons (Fsp3) is 0. The lowest BCUT2D eigenvalue weighted by atomic mass is 10.2. The van der Waals surface area contributed by atoms with Crippen molar-refractivity contribution in [2.24, 2.45) is 0 Å². The Morgan fingerprint density at radius 3 is 2.68 bits per heavy atom. The first-order valence-electron chi connectivity index (χ1n) is 5.30. The molecule has 0 aliphatic rings. The zero-order chi connectivity index (χ0) is 13.8. The first kappa shape index (κ1) is 12.5. The first-order chi connectivity index (χ1) is 9.10. The molecule has 2 aromatic rings. The molecule has 1 aromatic carbocycles. The van der Waals surface area contributed by atoms with E-state index in [4.69, 9.17) is 5.26 Å². The number of hydrogen-bond donors (Lipinski definition) is 2. The number of aromatic amines is 1. The van der Waals surface area contributed by atoms with Crippen molar-refractivity contribution >= 4 is 11.6 Å². The van der Waals surface area contributed by atoms with Gasteiger partial charge < -0.3 is 10.3 Å². The Morgan fingerprint density at radius 1 is 1.32 bits per heavy atom. The minimum atomic E-state index is -0.697. The molecule has 1 amide bonds. The van der Waals surface area contributed by atoms with Crippen LogP contribution in [0.2, 0.25) is 0 Å². The third kappa shape index (κ3) is 2.84. The van der Waals surface area contributed by atoms with Crippen LogP contribution in [0.15, 0.2) is 41.3 Å². The summed E-state index contributed by atoms with van der Waals surface area (Å²) in [6.07, 6.45) is 1.24. The largest absolute Gasteiger partial charge is 0.328 e. The Bertz CT molecular complexity index is 711. The monoisotopic (exact) mass is 257 g/mol. The second-order valence-electron chi connectivity index (χ2n) is 3.70. The number of H-pyrrole nitrogens is 1. The molecule has 19 heavy (non-hydrogen) atoms. The van der Waals surface area contributed by atoms with Crippen LogP contribution in [0.3, 0.4) is 0 Å². The Kier molecular flexibility index (Phi) is 3.39. The summed E-state index contributed by atoms with van der Waals surface area (Å²) < 4.78 is 13.6. The number of carbonyl (C=O) groups excluding carboxylic acids is 1. The summed E-state index contributed by atoms with van der Waals surface area (Å²) >= 11 is 0. The molecule has 0 spiro atoms. The van der Waals surface area contributed by atoms with E-state index < -0.39 is 11.7 Å². The molecule has 0 saturated heterocycles. The fourth-order valence-corrected chi connectivity index (χ4v) is 1.43. The number of nitrogens with one attached hydrogen (secondary N) is 2. The van der Waals surface area contributed by atoms with Crippen molar-refractivity contribution in [3.05, 3.63) is 63.8 Å². The predicted molar refractivity (Wildman–Crippen MR) is 66.1 cm³/mol. The lowest BCUT2D eigenvalue weighted by Gasteiger charge is -2.06. The molecule has 2 N–H and O–H groups in total. The Labute approximate surface area is 107 Å². The first-order valence-corrected chi connectivity index (χ1v) is 5.30. The van der Waals surface area contributed by atoms with Gasteiger partial charge in [0.15, 0.2) is 0 Å². The number of rotatable bonds is 2. The molecule has 6 heteroatoms. The predicted octanol–water partition coefficient (Wildman–Crippen LogP) is 1.64. The van der Waals surface area contributed by atoms with Gasteiger partial charge in [-0.15, -0.1) is 0 Å². The summed E-state index contributed by atoms with van der Waals surface area (Å²) in [7, 11) is 0. The minimum Gasteiger partial charge on any atom is -0.328 e. The molecule has 0 fully saturated rings. The summed E-state index contributed by atoms with van der Waals surface area (Å²) in [5.41, 5.74) is -0.000738. The van der Waals surface area contributed by atoms with E-state index in [0.29, 0.717) is 0 Å². The van der Waals surface area contributed by atoms with E-state index in [1.807, 2.05) is 0 Å². The number of aromatic nitrogens is 1. The quantitative estimate of drug-likeness (QED) is 0.857. The number of carbonyl (C=O) groups is 1. The van der Waals surface area contributed by atoms with E-state index in [2.05, 4.69) is 10.3 Å². The summed E-state index contributed by atoms with van der Waals surface area (Å²) in [4.78, 5) is 25.0. The number of amides is 1. The zero-order valence-electron chi connectivity index (χ0n) is 9.61. The van der Waals surface area contributed by atoms with Crippen molar-refractivity contribution in [2.45, 2.75) is 0 Å². The lowest BCUT2D eigenvalue weighted by Crippen LogP contribution is -2.15. The van der Waals surface area contributed by atoms with Crippen molar-refractivity contribution in [3.8, 4) is 6.07 Å². The maximum atomic E-state index is 13.6. The highest BCUT2D eigenvalue weighted by atomic mass is 19.1. The van der Waals surface area contributed by atoms with Crippen LogP contribution in [-0.4, -0.2) is 10.9 Å². The molecule has 2 rings (SSSR count). The van der Waals surface area contributed by atoms with Gasteiger partial charge in [-0.1, -0.05) is 0 Å². The van der Waals surface area contributed by atoms with Gasteiger partial charge >= 0.3 is 0 Å². The van der Waals surface area contributed by atoms with Crippen LogP contribution in [0.4, 0.5) is 10.1 Å². The number of nitrogens with zero attached hydrogens (tertiary/aromatic N) is 1. The molecule has 0 unspecified atom stereocenters. The maximum Gasteiger partial charge on any atom is 0.257 e. The van der Waals surface area contributed by atoms with Crippen molar-refractivity contribution in [1.29, 1.82) is 5.26 Å². The standard InChI is InChI=1S/C13H8FN3O2/c14-10-5-8(6-15)1-3-11(10)17-13(19)9-2-4-12(18)16-7-9/h1-5,7H,(H,16,18)(H,17,19). The molecule has 1 heterocycles. The Hall–Kier alpha value is -2.94. The summed E-state index contributed by atoms with van der Waals surface area (Å²) in [5.74, 6) is -1.25. The van der Waals surface area contributed by atoms with Crippen LogP contribution in [0, 0.1) is 17.1 Å². The third-order valence-corrected chi connectivity index (χ3v) is 2.39. The van der Waals surface area contributed by atoms with Crippen LogP contribution in [0.25, 0.3) is 0 Å². The molecule has 0 aliphatic carbocycles. The van der Waals surface area contributed by atoms with Crippen LogP contribution < -0.4 is 10.9 Å². The molecule has 1 aromatic heterocycles. The van der Waals surface area contributed by atoms with E-state index in [1.165, 1.54) is 30.5 Å². The number of anilines is 1. The Morgan fingerprint density at radius 2 is 2.11 bits per heavy atom. The van der Waals surface area contributed by atoms with Gasteiger partial charge in [-0.2, -0.15) is 5.26 Å². The molecule has 5 nitrogen and oxygen atoms in total. The van der Waals surface area contributed by atoms with E-state index in [0.717, 1.165) is 6.07 Å². The molecular weight excluding hydrogens is 249 g/mol. The topological polar surface area (TPSA) is 85.8 Å². The van der Waals surface area contributed by atoms with Gasteiger partial charge in [0.25, 0.3) is 5.91 Å². The Balaban J connectivity index is 2.22. The summed E-state index contributed by atoms with van der Waals surface area (Å²) in [6, 6.07) is 8.05. The maximum absolute atomic E-state index is 13.6. The van der Waals surface area contributed by atoms with E-state index in [1.54, 1.807) is 6.07 Å². The highest BCUT2D eigenvalue weighted by Gasteiger charge is 2.09. The number of nitriles is 1. The fourth-order valence-electron chi connectivity index (χ4n) is 1.43. The number of hydrogen-bond acceptors (Lipinski definition) is 3. The van der Waals surface area contributed by atoms with Crippen LogP contribution >= 0.6 is 0 Å². The molecule has 0 aliphatic heterocycles. The van der Waals surface area contributed by atoms with Crippen molar-refractivity contribution in [1.82, 2.24) is 4.98 Å². The minimum absolute atomic E-state index is 0.0322. The van der Waals surface area contributed by atoms with Crippen molar-refractivity contribution < 1.29 is 9.18 Å². The lowest BCUT2D eigenvalue weighted by molar-refractivity contribution is 0.102. The van der Waals surface area contributed by atoms with Crippen molar-refractivity contribution in [2.75, 3.05) is 5.32 Å². The summed E-state index contributed by atoms with van der Waals surface area (Å²) in [5, 5.41) is 11.0. The van der Waals surface area contributed by atoms with Crippen LogP contribution in [-0.2, 0) is 0 Å². The van der Waals surface area contributed by atoms with Gasteiger partial charge in [0.05, 0.1) is 22.9 Å². The molecule has 0 radical (unpaired) electrons. The SMILES string of the molecule is N#Cc1ccc(NC(=O)c2ccc(=O)[nH]c2)c(F)c1. The number of pyridine rings is 1. The van der Waals surface area contributed by atoms with E-state index in [9.17, 15) is 14.0 Å². The smallest absolute Gasteiger partial charge is 0.257 e. The van der Waals surface area contributed by atoms with Crippen molar-refractivity contribution in [3.63, 3.8) is 0 Å². The van der Waals surface area contributed by atoms with Gasteiger partial charge in [0, 0.05) is 12.3 Å². The van der Waals surface area contributed by atoms with Gasteiger partial charge in [-0.25, -0.2) is 4.39 Å². The molecule has 94 valence electrons. The van der Waals surface area contributed by atoms with Crippen LogP contribution in [0.1, 0.15) is 15.9 Å². The highest BCUT2D eigenvalue weighted by molar-refractivity contribution is 6.04. The van der Waals surface area contributed by atoms with Gasteiger partial charge in [0.1, 0.15) is 5.82 Å². The van der Waals surface area contributed by atoms with Gasteiger partial charge in [0.2, 0.25) is 5.56 Å². The normalized spacial score (nSPS) is 9.68. The second kappa shape index (κ2) is 5.14.